The highest BCUT2D eigenvalue weighted by Gasteiger charge is 1.93. The first kappa shape index (κ1) is 20.1. The Morgan fingerprint density at radius 2 is 1.56 bits per heavy atom. The molecule has 0 amide bonds. The summed E-state index contributed by atoms with van der Waals surface area (Å²) in [5.41, 5.74) is 2.74. The van der Waals surface area contributed by atoms with Gasteiger partial charge in [0, 0.05) is 6.21 Å². The lowest BCUT2D eigenvalue weighted by molar-refractivity contribution is 1.44. The molecule has 0 radical (unpaired) electrons. The molecule has 0 atom stereocenters. The molecule has 0 saturated heterocycles. The van der Waals surface area contributed by atoms with Gasteiger partial charge in [0.05, 0.1) is 0 Å². The number of hydrogen-bond acceptors (Lipinski definition) is 1. The zero-order valence-electron chi connectivity index (χ0n) is 11.7. The molecule has 0 bridgehead atoms. The van der Waals surface area contributed by atoms with Crippen molar-refractivity contribution >= 4 is 6.21 Å². The van der Waals surface area contributed by atoms with Crippen LogP contribution in [0.25, 0.3) is 0 Å². The lowest BCUT2D eigenvalue weighted by Crippen LogP contribution is -1.85. The first-order valence-electron chi connectivity index (χ1n) is 5.82. The van der Waals surface area contributed by atoms with Crippen LogP contribution in [0.3, 0.4) is 0 Å². The van der Waals surface area contributed by atoms with Gasteiger partial charge in [0.1, 0.15) is 0 Å². The molecule has 0 aromatic rings. The van der Waals surface area contributed by atoms with Crippen LogP contribution in [0, 0.1) is 5.41 Å². The summed E-state index contributed by atoms with van der Waals surface area (Å²) in [4.78, 5) is 0. The molecular formula is C15H27N. The zero-order valence-corrected chi connectivity index (χ0v) is 11.7. The van der Waals surface area contributed by atoms with E-state index in [0.717, 1.165) is 11.1 Å². The van der Waals surface area contributed by atoms with Gasteiger partial charge in [-0.3, -0.25) is 0 Å². The molecule has 0 aliphatic rings. The molecule has 1 nitrogen and oxygen atoms in total. The Morgan fingerprint density at radius 3 is 1.81 bits per heavy atom. The summed E-state index contributed by atoms with van der Waals surface area (Å²) < 4.78 is 0. The van der Waals surface area contributed by atoms with Gasteiger partial charge >= 0.3 is 0 Å². The Hall–Kier alpha value is -1.37. The molecule has 0 aromatic carbocycles. The van der Waals surface area contributed by atoms with Crippen molar-refractivity contribution in [1.29, 1.82) is 5.41 Å². The molecule has 0 unspecified atom stereocenters. The SMILES string of the molecule is C=C/C(=C/C(C)=C\C)C(=C)C=N.CC.CC. The van der Waals surface area contributed by atoms with E-state index in [1.54, 1.807) is 6.08 Å². The number of allylic oxidation sites excluding steroid dienone is 6. The van der Waals surface area contributed by atoms with Crippen LogP contribution in [-0.4, -0.2) is 6.21 Å². The van der Waals surface area contributed by atoms with E-state index in [1.165, 1.54) is 6.21 Å². The Balaban J connectivity index is -0.000000376. The Bertz CT molecular complexity index is 255. The Kier molecular flexibility index (Phi) is 20.2. The van der Waals surface area contributed by atoms with E-state index in [-0.39, 0.29) is 0 Å². The first-order valence-corrected chi connectivity index (χ1v) is 5.82. The summed E-state index contributed by atoms with van der Waals surface area (Å²) in [5, 5.41) is 7.01. The monoisotopic (exact) mass is 221 g/mol. The number of hydrogen-bond donors (Lipinski definition) is 1. The maximum Gasteiger partial charge on any atom is 0.0250 e. The lowest BCUT2D eigenvalue weighted by atomic mass is 10.1. The highest BCUT2D eigenvalue weighted by molar-refractivity contribution is 5.82. The van der Waals surface area contributed by atoms with Crippen molar-refractivity contribution in [3.8, 4) is 0 Å². The normalized spacial score (nSPS) is 10.1. The molecule has 0 saturated carbocycles. The summed E-state index contributed by atoms with van der Waals surface area (Å²) in [6, 6.07) is 0. The van der Waals surface area contributed by atoms with Crippen LogP contribution in [-0.2, 0) is 0 Å². The average molecular weight is 221 g/mol. The van der Waals surface area contributed by atoms with Crippen molar-refractivity contribution in [2.45, 2.75) is 41.5 Å². The predicted octanol–water partition coefficient (Wildman–Crippen LogP) is 5.32. The van der Waals surface area contributed by atoms with Crippen molar-refractivity contribution in [3.63, 3.8) is 0 Å². The standard InChI is InChI=1S/C11H15N.2C2H6/c1-5-9(3)7-11(6-2)10(4)8-12;2*1-2/h5-8,12H,2,4H2,1,3H3;2*1-2H3/b9-5-,11-7-,12-8?;;. The van der Waals surface area contributed by atoms with Crippen LogP contribution in [0.4, 0.5) is 0 Å². The second-order valence-corrected chi connectivity index (χ2v) is 2.51. The summed E-state index contributed by atoms with van der Waals surface area (Å²) >= 11 is 0. The van der Waals surface area contributed by atoms with Gasteiger partial charge in [-0.1, -0.05) is 64.7 Å². The lowest BCUT2D eigenvalue weighted by Gasteiger charge is -1.99. The molecule has 1 N–H and O–H groups in total. The molecule has 0 aromatic heterocycles. The highest BCUT2D eigenvalue weighted by atomic mass is 14.3. The van der Waals surface area contributed by atoms with E-state index in [2.05, 4.69) is 13.2 Å². The first-order chi connectivity index (χ1) is 7.65. The molecular weight excluding hydrogens is 194 g/mol. The molecule has 0 rings (SSSR count). The molecule has 0 aliphatic heterocycles. The van der Waals surface area contributed by atoms with Crippen molar-refractivity contribution < 1.29 is 0 Å². The maximum absolute atomic E-state index is 7.01. The smallest absolute Gasteiger partial charge is 0.0250 e. The zero-order chi connectivity index (χ0) is 13.6. The van der Waals surface area contributed by atoms with Crippen molar-refractivity contribution in [2.75, 3.05) is 0 Å². The second kappa shape index (κ2) is 16.1. The second-order valence-electron chi connectivity index (χ2n) is 2.51. The van der Waals surface area contributed by atoms with E-state index in [9.17, 15) is 0 Å². The van der Waals surface area contributed by atoms with E-state index >= 15 is 0 Å². The maximum atomic E-state index is 7.01. The topological polar surface area (TPSA) is 23.9 Å². The highest BCUT2D eigenvalue weighted by Crippen LogP contribution is 2.09. The van der Waals surface area contributed by atoms with Gasteiger partial charge in [0.2, 0.25) is 0 Å². The van der Waals surface area contributed by atoms with Crippen LogP contribution in [0.2, 0.25) is 0 Å². The van der Waals surface area contributed by atoms with Crippen molar-refractivity contribution in [1.82, 2.24) is 0 Å². The third-order valence-corrected chi connectivity index (χ3v) is 1.60. The summed E-state index contributed by atoms with van der Waals surface area (Å²) in [6.07, 6.45) is 6.90. The van der Waals surface area contributed by atoms with Crippen LogP contribution in [0.15, 0.2) is 48.1 Å². The van der Waals surface area contributed by atoms with Gasteiger partial charge < -0.3 is 5.41 Å². The van der Waals surface area contributed by atoms with E-state index < -0.39 is 0 Å². The third-order valence-electron chi connectivity index (χ3n) is 1.60. The third kappa shape index (κ3) is 10.7. The molecule has 0 spiro atoms. The molecule has 92 valence electrons. The molecule has 16 heavy (non-hydrogen) atoms. The fraction of sp³-hybridized carbons (Fsp3) is 0.400. The van der Waals surface area contributed by atoms with Gasteiger partial charge in [0.25, 0.3) is 0 Å². The largest absolute Gasteiger partial charge is 0.308 e. The average Bonchev–Trinajstić information content (AvgIpc) is 2.39. The van der Waals surface area contributed by atoms with Gasteiger partial charge in [-0.05, 0) is 25.0 Å². The number of rotatable bonds is 4. The summed E-state index contributed by atoms with van der Waals surface area (Å²) in [7, 11) is 0. The van der Waals surface area contributed by atoms with Gasteiger partial charge in [0.15, 0.2) is 0 Å². The molecule has 0 aliphatic carbocycles. The molecule has 1 heteroatoms. The summed E-state index contributed by atoms with van der Waals surface area (Å²) in [6.45, 7) is 19.4. The minimum atomic E-state index is 0.686. The van der Waals surface area contributed by atoms with Gasteiger partial charge in [-0.2, -0.15) is 0 Å². The van der Waals surface area contributed by atoms with Crippen LogP contribution in [0.1, 0.15) is 41.5 Å². The Labute approximate surface area is 102 Å². The van der Waals surface area contributed by atoms with E-state index in [1.807, 2.05) is 53.7 Å². The predicted molar refractivity (Wildman–Crippen MR) is 78.3 cm³/mol. The quantitative estimate of drug-likeness (QED) is 0.490. The minimum Gasteiger partial charge on any atom is -0.308 e. The molecule has 0 heterocycles. The van der Waals surface area contributed by atoms with Crippen LogP contribution in [0.5, 0.6) is 0 Å². The van der Waals surface area contributed by atoms with Crippen LogP contribution < -0.4 is 0 Å². The van der Waals surface area contributed by atoms with E-state index in [4.69, 9.17) is 5.41 Å². The van der Waals surface area contributed by atoms with Crippen molar-refractivity contribution in [3.05, 3.63) is 48.1 Å². The van der Waals surface area contributed by atoms with Crippen LogP contribution >= 0.6 is 0 Å². The fourth-order valence-corrected chi connectivity index (χ4v) is 0.695. The number of nitrogens with one attached hydrogen (secondary N) is 1. The minimum absolute atomic E-state index is 0.686. The molecule has 0 fully saturated rings. The Morgan fingerprint density at radius 1 is 1.12 bits per heavy atom. The van der Waals surface area contributed by atoms with E-state index in [0.29, 0.717) is 5.57 Å². The van der Waals surface area contributed by atoms with Gasteiger partial charge in [-0.15, -0.1) is 0 Å². The summed E-state index contributed by atoms with van der Waals surface area (Å²) in [5.74, 6) is 0. The fourth-order valence-electron chi connectivity index (χ4n) is 0.695. The van der Waals surface area contributed by atoms with Gasteiger partial charge in [-0.25, -0.2) is 0 Å². The van der Waals surface area contributed by atoms with Crippen molar-refractivity contribution in [2.24, 2.45) is 0 Å².